The van der Waals surface area contributed by atoms with Gasteiger partial charge >= 0.3 is 0 Å². The van der Waals surface area contributed by atoms with Gasteiger partial charge in [-0.3, -0.25) is 9.80 Å². The highest BCUT2D eigenvalue weighted by molar-refractivity contribution is 5.29. The Labute approximate surface area is 148 Å². The van der Waals surface area contributed by atoms with Gasteiger partial charge in [-0.25, -0.2) is 0 Å². The maximum atomic E-state index is 2.73. The van der Waals surface area contributed by atoms with E-state index in [0.29, 0.717) is 0 Å². The summed E-state index contributed by atoms with van der Waals surface area (Å²) in [5.41, 5.74) is 4.30. The van der Waals surface area contributed by atoms with Gasteiger partial charge in [0.2, 0.25) is 0 Å². The van der Waals surface area contributed by atoms with Crippen molar-refractivity contribution in [3.63, 3.8) is 0 Å². The van der Waals surface area contributed by atoms with Crippen LogP contribution in [0.25, 0.3) is 0 Å². The summed E-state index contributed by atoms with van der Waals surface area (Å²) in [5.74, 6) is 0.879. The average molecular weight is 330 g/mol. The third-order valence-corrected chi connectivity index (χ3v) is 6.41. The fourth-order valence-electron chi connectivity index (χ4n) is 4.28. The number of piperidine rings is 1. The second kappa shape index (κ2) is 7.99. The number of likely N-dealkylation sites (N-methyl/N-ethyl adjacent to an activating group) is 1. The van der Waals surface area contributed by atoms with E-state index in [1.807, 2.05) is 0 Å². The first-order valence-corrected chi connectivity index (χ1v) is 9.74. The van der Waals surface area contributed by atoms with E-state index in [1.54, 1.807) is 0 Å². The molecule has 2 fully saturated rings. The molecule has 2 saturated heterocycles. The number of aryl methyl sites for hydroxylation is 2. The van der Waals surface area contributed by atoms with Crippen molar-refractivity contribution in [2.45, 2.75) is 46.2 Å². The predicted molar refractivity (Wildman–Crippen MR) is 102 cm³/mol. The summed E-state index contributed by atoms with van der Waals surface area (Å²) < 4.78 is 0. The highest BCUT2D eigenvalue weighted by atomic mass is 15.3. The molecule has 1 aromatic carbocycles. The van der Waals surface area contributed by atoms with E-state index in [-0.39, 0.29) is 0 Å². The third kappa shape index (κ3) is 4.38. The summed E-state index contributed by atoms with van der Waals surface area (Å²) in [6.45, 7) is 15.5. The van der Waals surface area contributed by atoms with E-state index in [9.17, 15) is 0 Å². The van der Waals surface area contributed by atoms with Crippen molar-refractivity contribution in [3.05, 3.63) is 34.9 Å². The predicted octanol–water partition coefficient (Wildman–Crippen LogP) is 3.15. The monoisotopic (exact) mass is 329 g/mol. The Hall–Kier alpha value is -0.900. The van der Waals surface area contributed by atoms with Crippen molar-refractivity contribution in [1.82, 2.24) is 14.7 Å². The van der Waals surface area contributed by atoms with Crippen molar-refractivity contribution < 1.29 is 0 Å². The maximum absolute atomic E-state index is 2.73. The molecule has 0 aliphatic carbocycles. The maximum Gasteiger partial charge on any atom is 0.0233 e. The highest BCUT2D eigenvalue weighted by Crippen LogP contribution is 2.26. The molecule has 134 valence electrons. The molecule has 0 N–H and O–H groups in total. The van der Waals surface area contributed by atoms with Gasteiger partial charge in [0.25, 0.3) is 0 Å². The fraction of sp³-hybridized carbons (Fsp3) is 0.714. The van der Waals surface area contributed by atoms with Gasteiger partial charge in [0.1, 0.15) is 0 Å². The molecular weight excluding hydrogens is 294 g/mol. The van der Waals surface area contributed by atoms with Crippen molar-refractivity contribution in [2.75, 3.05) is 46.3 Å². The Kier molecular flexibility index (Phi) is 5.96. The number of piperazine rings is 1. The quantitative estimate of drug-likeness (QED) is 0.840. The lowest BCUT2D eigenvalue weighted by atomic mass is 9.89. The molecule has 2 heterocycles. The zero-order chi connectivity index (χ0) is 17.1. The minimum Gasteiger partial charge on any atom is -0.304 e. The Morgan fingerprint density at radius 2 is 1.62 bits per heavy atom. The zero-order valence-electron chi connectivity index (χ0n) is 16.1. The molecule has 0 radical (unpaired) electrons. The number of likely N-dealkylation sites (tertiary alicyclic amines) is 1. The Morgan fingerprint density at radius 3 is 2.25 bits per heavy atom. The van der Waals surface area contributed by atoms with Crippen LogP contribution in [0.15, 0.2) is 18.2 Å². The molecule has 0 bridgehead atoms. The molecule has 0 amide bonds. The standard InChI is InChI=1S/C21H35N3/c1-17-5-6-20(15-18(17)2)16-23-9-7-21(8-10-23)19(3)24-13-11-22(4)12-14-24/h5-6,15,19,21H,7-14,16H2,1-4H3/t19-/m1/s1. The smallest absolute Gasteiger partial charge is 0.0233 e. The molecule has 1 aromatic rings. The van der Waals surface area contributed by atoms with Gasteiger partial charge in [-0.05, 0) is 76.4 Å². The third-order valence-electron chi connectivity index (χ3n) is 6.41. The number of nitrogens with zero attached hydrogens (tertiary/aromatic N) is 3. The van der Waals surface area contributed by atoms with E-state index >= 15 is 0 Å². The number of rotatable bonds is 4. The first-order valence-electron chi connectivity index (χ1n) is 9.74. The minimum absolute atomic E-state index is 0.752. The van der Waals surface area contributed by atoms with Gasteiger partial charge in [0.05, 0.1) is 0 Å². The largest absolute Gasteiger partial charge is 0.304 e. The summed E-state index contributed by atoms with van der Waals surface area (Å²) in [4.78, 5) is 7.83. The molecule has 0 aromatic heterocycles. The summed E-state index contributed by atoms with van der Waals surface area (Å²) >= 11 is 0. The lowest BCUT2D eigenvalue weighted by Gasteiger charge is -2.42. The summed E-state index contributed by atoms with van der Waals surface area (Å²) in [6.07, 6.45) is 2.72. The molecule has 0 saturated carbocycles. The fourth-order valence-corrected chi connectivity index (χ4v) is 4.28. The van der Waals surface area contributed by atoms with E-state index in [1.165, 1.54) is 68.8 Å². The van der Waals surface area contributed by atoms with Gasteiger partial charge in [-0.15, -0.1) is 0 Å². The number of benzene rings is 1. The van der Waals surface area contributed by atoms with Crippen molar-refractivity contribution in [1.29, 1.82) is 0 Å². The van der Waals surface area contributed by atoms with Crippen LogP contribution in [0.4, 0.5) is 0 Å². The molecule has 0 unspecified atom stereocenters. The summed E-state index contributed by atoms with van der Waals surface area (Å²) in [6, 6.07) is 7.70. The van der Waals surface area contributed by atoms with E-state index in [4.69, 9.17) is 0 Å². The molecule has 2 aliphatic rings. The molecule has 0 spiro atoms. The van der Waals surface area contributed by atoms with Crippen LogP contribution < -0.4 is 0 Å². The molecule has 3 nitrogen and oxygen atoms in total. The molecule has 3 heteroatoms. The average Bonchev–Trinajstić information content (AvgIpc) is 2.59. The molecule has 3 rings (SSSR count). The minimum atomic E-state index is 0.752. The van der Waals surface area contributed by atoms with E-state index in [2.05, 4.69) is 60.7 Å². The van der Waals surface area contributed by atoms with Gasteiger partial charge in [0.15, 0.2) is 0 Å². The van der Waals surface area contributed by atoms with E-state index in [0.717, 1.165) is 18.5 Å². The van der Waals surface area contributed by atoms with Gasteiger partial charge < -0.3 is 4.90 Å². The topological polar surface area (TPSA) is 9.72 Å². The van der Waals surface area contributed by atoms with Crippen LogP contribution in [0.3, 0.4) is 0 Å². The Balaban J connectivity index is 1.47. The van der Waals surface area contributed by atoms with Gasteiger partial charge in [0, 0.05) is 38.8 Å². The second-order valence-electron chi connectivity index (χ2n) is 8.11. The number of hydrogen-bond acceptors (Lipinski definition) is 3. The summed E-state index contributed by atoms with van der Waals surface area (Å²) in [7, 11) is 2.24. The second-order valence-corrected chi connectivity index (χ2v) is 8.11. The van der Waals surface area contributed by atoms with Crippen LogP contribution in [0, 0.1) is 19.8 Å². The van der Waals surface area contributed by atoms with E-state index < -0.39 is 0 Å². The Morgan fingerprint density at radius 1 is 0.958 bits per heavy atom. The van der Waals surface area contributed by atoms with Crippen molar-refractivity contribution >= 4 is 0 Å². The normalized spacial score (nSPS) is 23.5. The van der Waals surface area contributed by atoms with Gasteiger partial charge in [-0.1, -0.05) is 18.2 Å². The van der Waals surface area contributed by atoms with Crippen LogP contribution in [-0.2, 0) is 6.54 Å². The molecule has 24 heavy (non-hydrogen) atoms. The lowest BCUT2D eigenvalue weighted by molar-refractivity contribution is 0.0598. The van der Waals surface area contributed by atoms with Crippen molar-refractivity contribution in [3.8, 4) is 0 Å². The van der Waals surface area contributed by atoms with Crippen LogP contribution in [0.2, 0.25) is 0 Å². The Bertz CT molecular complexity index is 526. The van der Waals surface area contributed by atoms with Crippen LogP contribution in [0.5, 0.6) is 0 Å². The van der Waals surface area contributed by atoms with Crippen LogP contribution in [-0.4, -0.2) is 67.1 Å². The molecule has 1 atom stereocenters. The first-order chi connectivity index (χ1) is 11.5. The SMILES string of the molecule is Cc1ccc(CN2CCC([C@@H](C)N3CCN(C)CC3)CC2)cc1C. The lowest BCUT2D eigenvalue weighted by Crippen LogP contribution is -2.51. The highest BCUT2D eigenvalue weighted by Gasteiger charge is 2.29. The first kappa shape index (κ1) is 17.9. The number of hydrogen-bond donors (Lipinski definition) is 0. The summed E-state index contributed by atoms with van der Waals surface area (Å²) in [5, 5.41) is 0. The van der Waals surface area contributed by atoms with Crippen LogP contribution in [0.1, 0.15) is 36.5 Å². The molecule has 2 aliphatic heterocycles. The van der Waals surface area contributed by atoms with Crippen molar-refractivity contribution in [2.24, 2.45) is 5.92 Å². The van der Waals surface area contributed by atoms with Gasteiger partial charge in [-0.2, -0.15) is 0 Å². The molecular formula is C21H35N3. The van der Waals surface area contributed by atoms with Crippen LogP contribution >= 0.6 is 0 Å². The zero-order valence-corrected chi connectivity index (χ0v) is 16.1.